The third-order valence-corrected chi connectivity index (χ3v) is 3.62. The molecular weight excluding hydrogens is 246 g/mol. The van der Waals surface area contributed by atoms with Crippen LogP contribution in [0.25, 0.3) is 21.8 Å². The number of benzene rings is 2. The average molecular weight is 258 g/mol. The fraction of sp³-hybridized carbons (Fsp3) is 0.133. The molecule has 0 N–H and O–H groups in total. The molecular formula is C15H12ClNO. The van der Waals surface area contributed by atoms with Gasteiger partial charge in [0.2, 0.25) is 0 Å². The fourth-order valence-corrected chi connectivity index (χ4v) is 2.81. The van der Waals surface area contributed by atoms with Gasteiger partial charge in [-0.25, -0.2) is 0 Å². The van der Waals surface area contributed by atoms with Gasteiger partial charge in [0, 0.05) is 28.4 Å². The maximum atomic E-state index is 10.9. The summed E-state index contributed by atoms with van der Waals surface area (Å²) in [4.78, 5) is 10.9. The molecule has 0 amide bonds. The summed E-state index contributed by atoms with van der Waals surface area (Å²) in [5.41, 5.74) is 2.85. The molecule has 3 rings (SSSR count). The molecule has 0 aliphatic carbocycles. The second-order valence-electron chi connectivity index (χ2n) is 4.27. The molecule has 18 heavy (non-hydrogen) atoms. The Bertz CT molecular complexity index is 758. The predicted octanol–water partition coefficient (Wildman–Crippen LogP) is 4.28. The van der Waals surface area contributed by atoms with Crippen molar-refractivity contribution in [2.45, 2.75) is 13.5 Å². The van der Waals surface area contributed by atoms with Gasteiger partial charge in [0.15, 0.2) is 0 Å². The minimum Gasteiger partial charge on any atom is -0.340 e. The van der Waals surface area contributed by atoms with Crippen molar-refractivity contribution in [1.29, 1.82) is 0 Å². The van der Waals surface area contributed by atoms with Gasteiger partial charge < -0.3 is 4.57 Å². The van der Waals surface area contributed by atoms with Gasteiger partial charge >= 0.3 is 0 Å². The number of para-hydroxylation sites is 1. The van der Waals surface area contributed by atoms with Crippen LogP contribution in [0.1, 0.15) is 17.3 Å². The molecule has 2 nitrogen and oxygen atoms in total. The Morgan fingerprint density at radius 2 is 2.06 bits per heavy atom. The molecule has 1 aromatic heterocycles. The summed E-state index contributed by atoms with van der Waals surface area (Å²) in [6.45, 7) is 2.94. The maximum Gasteiger partial charge on any atom is 0.150 e. The Hall–Kier alpha value is -1.80. The van der Waals surface area contributed by atoms with Gasteiger partial charge in [-0.05, 0) is 31.2 Å². The lowest BCUT2D eigenvalue weighted by Crippen LogP contribution is -1.93. The average Bonchev–Trinajstić information content (AvgIpc) is 2.73. The summed E-state index contributed by atoms with van der Waals surface area (Å²) in [5.74, 6) is 0. The number of hydrogen-bond donors (Lipinski definition) is 0. The number of aldehydes is 1. The van der Waals surface area contributed by atoms with E-state index < -0.39 is 0 Å². The predicted molar refractivity (Wildman–Crippen MR) is 75.5 cm³/mol. The number of aryl methyl sites for hydroxylation is 1. The SMILES string of the molecule is CCn1c2ccc(C=O)cc2c2cccc(Cl)c21. The van der Waals surface area contributed by atoms with Crippen LogP contribution < -0.4 is 0 Å². The highest BCUT2D eigenvalue weighted by Gasteiger charge is 2.12. The van der Waals surface area contributed by atoms with Crippen LogP contribution >= 0.6 is 11.6 Å². The molecule has 1 heterocycles. The number of halogens is 1. The number of hydrogen-bond acceptors (Lipinski definition) is 1. The van der Waals surface area contributed by atoms with Crippen molar-refractivity contribution in [2.24, 2.45) is 0 Å². The molecule has 0 radical (unpaired) electrons. The molecule has 0 saturated heterocycles. The Labute approximate surface area is 110 Å². The van der Waals surface area contributed by atoms with Crippen molar-refractivity contribution in [2.75, 3.05) is 0 Å². The third kappa shape index (κ3) is 1.46. The summed E-state index contributed by atoms with van der Waals surface area (Å²) >= 11 is 6.30. The van der Waals surface area contributed by atoms with E-state index in [0.29, 0.717) is 5.56 Å². The standard InChI is InChI=1S/C15H12ClNO/c1-2-17-14-7-6-10(9-18)8-12(14)11-4-3-5-13(16)15(11)17/h3-9H,2H2,1H3. The van der Waals surface area contributed by atoms with E-state index >= 15 is 0 Å². The molecule has 0 aliphatic rings. The summed E-state index contributed by atoms with van der Waals surface area (Å²) in [6, 6.07) is 11.6. The second-order valence-corrected chi connectivity index (χ2v) is 4.68. The molecule has 0 bridgehead atoms. The number of aromatic nitrogens is 1. The highest BCUT2D eigenvalue weighted by atomic mass is 35.5. The van der Waals surface area contributed by atoms with Gasteiger partial charge in [-0.1, -0.05) is 23.7 Å². The highest BCUT2D eigenvalue weighted by Crippen LogP contribution is 2.33. The Morgan fingerprint density at radius 3 is 2.78 bits per heavy atom. The van der Waals surface area contributed by atoms with E-state index in [-0.39, 0.29) is 0 Å². The zero-order chi connectivity index (χ0) is 12.7. The summed E-state index contributed by atoms with van der Waals surface area (Å²) < 4.78 is 2.18. The minimum atomic E-state index is 0.692. The van der Waals surface area contributed by atoms with Crippen LogP contribution in [-0.2, 0) is 6.54 Å². The van der Waals surface area contributed by atoms with Crippen LogP contribution in [0.5, 0.6) is 0 Å². The van der Waals surface area contributed by atoms with Gasteiger partial charge in [-0.2, -0.15) is 0 Å². The first-order chi connectivity index (χ1) is 8.76. The van der Waals surface area contributed by atoms with E-state index in [4.69, 9.17) is 11.6 Å². The molecule has 0 unspecified atom stereocenters. The summed E-state index contributed by atoms with van der Waals surface area (Å²) in [7, 11) is 0. The van der Waals surface area contributed by atoms with Gasteiger partial charge in [0.05, 0.1) is 10.5 Å². The minimum absolute atomic E-state index is 0.692. The van der Waals surface area contributed by atoms with Crippen molar-refractivity contribution in [3.05, 3.63) is 47.0 Å². The maximum absolute atomic E-state index is 10.9. The molecule has 3 aromatic rings. The van der Waals surface area contributed by atoms with E-state index in [1.807, 2.05) is 36.4 Å². The number of carbonyl (C=O) groups excluding carboxylic acids is 1. The zero-order valence-corrected chi connectivity index (χ0v) is 10.7. The second kappa shape index (κ2) is 4.14. The molecule has 0 spiro atoms. The smallest absolute Gasteiger partial charge is 0.150 e. The van der Waals surface area contributed by atoms with E-state index in [1.165, 1.54) is 0 Å². The van der Waals surface area contributed by atoms with Gasteiger partial charge in [0.25, 0.3) is 0 Å². The largest absolute Gasteiger partial charge is 0.340 e. The summed E-state index contributed by atoms with van der Waals surface area (Å²) in [5, 5.41) is 2.93. The van der Waals surface area contributed by atoms with Crippen LogP contribution in [0.15, 0.2) is 36.4 Å². The molecule has 2 aromatic carbocycles. The normalized spacial score (nSPS) is 11.2. The van der Waals surface area contributed by atoms with Gasteiger partial charge in [-0.3, -0.25) is 4.79 Å². The number of carbonyl (C=O) groups is 1. The Morgan fingerprint density at radius 1 is 1.22 bits per heavy atom. The number of rotatable bonds is 2. The quantitative estimate of drug-likeness (QED) is 0.628. The number of nitrogens with zero attached hydrogens (tertiary/aromatic N) is 1. The van der Waals surface area contributed by atoms with Crippen molar-refractivity contribution < 1.29 is 4.79 Å². The van der Waals surface area contributed by atoms with Crippen LogP contribution in [0.3, 0.4) is 0 Å². The fourth-order valence-electron chi connectivity index (χ4n) is 2.53. The van der Waals surface area contributed by atoms with E-state index in [0.717, 1.165) is 39.7 Å². The topological polar surface area (TPSA) is 22.0 Å². The Balaban J connectivity index is 2.57. The first-order valence-electron chi connectivity index (χ1n) is 5.92. The molecule has 90 valence electrons. The third-order valence-electron chi connectivity index (χ3n) is 3.31. The van der Waals surface area contributed by atoms with Crippen LogP contribution in [-0.4, -0.2) is 10.9 Å². The van der Waals surface area contributed by atoms with Crippen LogP contribution in [0.4, 0.5) is 0 Å². The van der Waals surface area contributed by atoms with E-state index in [9.17, 15) is 4.79 Å². The molecule has 0 aliphatic heterocycles. The molecule has 0 atom stereocenters. The first-order valence-corrected chi connectivity index (χ1v) is 6.29. The van der Waals surface area contributed by atoms with Crippen LogP contribution in [0, 0.1) is 0 Å². The lowest BCUT2D eigenvalue weighted by atomic mass is 10.1. The molecule has 0 saturated carbocycles. The lowest BCUT2D eigenvalue weighted by Gasteiger charge is -2.03. The summed E-state index contributed by atoms with van der Waals surface area (Å²) in [6.07, 6.45) is 0.874. The van der Waals surface area contributed by atoms with Crippen molar-refractivity contribution in [3.63, 3.8) is 0 Å². The first kappa shape index (κ1) is 11.3. The van der Waals surface area contributed by atoms with Crippen molar-refractivity contribution >= 4 is 39.7 Å². The molecule has 0 fully saturated rings. The van der Waals surface area contributed by atoms with Gasteiger partial charge in [-0.15, -0.1) is 0 Å². The van der Waals surface area contributed by atoms with Crippen molar-refractivity contribution in [3.8, 4) is 0 Å². The van der Waals surface area contributed by atoms with Crippen LogP contribution in [0.2, 0.25) is 5.02 Å². The van der Waals surface area contributed by atoms with Gasteiger partial charge in [0.1, 0.15) is 6.29 Å². The Kier molecular flexibility index (Phi) is 2.60. The monoisotopic (exact) mass is 257 g/mol. The van der Waals surface area contributed by atoms with Crippen molar-refractivity contribution in [1.82, 2.24) is 4.57 Å². The van der Waals surface area contributed by atoms with E-state index in [1.54, 1.807) is 0 Å². The highest BCUT2D eigenvalue weighted by molar-refractivity contribution is 6.36. The number of fused-ring (bicyclic) bond motifs is 3. The molecule has 3 heteroatoms. The lowest BCUT2D eigenvalue weighted by molar-refractivity contribution is 0.112. The van der Waals surface area contributed by atoms with E-state index in [2.05, 4.69) is 11.5 Å². The zero-order valence-electron chi connectivity index (χ0n) is 9.98.